The summed E-state index contributed by atoms with van der Waals surface area (Å²) in [6, 6.07) is 86.3. The molecule has 0 aliphatic heterocycles. The van der Waals surface area contributed by atoms with Gasteiger partial charge in [-0.05, 0) is 143 Å². The maximum atomic E-state index is 7.01. The maximum Gasteiger partial charge on any atom is 0.159 e. The smallest absolute Gasteiger partial charge is 0.159 e. The number of furan rings is 3. The molecule has 0 fully saturated rings. The Morgan fingerprint density at radius 2 is 0.640 bits per heavy atom. The van der Waals surface area contributed by atoms with Crippen LogP contribution in [0.3, 0.4) is 0 Å². The molecule has 0 spiro atoms. The Bertz CT molecular complexity index is 4450. The fourth-order valence-corrected chi connectivity index (χ4v) is 11.7. The summed E-state index contributed by atoms with van der Waals surface area (Å²) in [5.41, 5.74) is 18.1. The van der Waals surface area contributed by atoms with Gasteiger partial charge in [0.15, 0.2) is 11.2 Å². The van der Waals surface area contributed by atoms with Crippen LogP contribution in [0.2, 0.25) is 0 Å². The molecule has 0 bridgehead atoms. The first-order valence-corrected chi connectivity index (χ1v) is 25.6. The number of hydrogen-bond acceptors (Lipinski definition) is 5. The van der Waals surface area contributed by atoms with Crippen molar-refractivity contribution in [3.8, 4) is 22.3 Å². The van der Waals surface area contributed by atoms with Gasteiger partial charge in [-0.2, -0.15) is 0 Å². The minimum Gasteiger partial charge on any atom is -0.456 e. The third-order valence-electron chi connectivity index (χ3n) is 15.3. The molecule has 0 amide bonds. The Labute approximate surface area is 432 Å². The first-order chi connectivity index (χ1) is 37.0. The van der Waals surface area contributed by atoms with Crippen LogP contribution in [0, 0.1) is 13.8 Å². The van der Waals surface area contributed by atoms with Gasteiger partial charge in [-0.25, -0.2) is 0 Å². The zero-order chi connectivity index (χ0) is 49.7. The lowest BCUT2D eigenvalue weighted by Crippen LogP contribution is -2.10. The highest BCUT2D eigenvalue weighted by molar-refractivity contribution is 6.17. The molecule has 12 aromatic carbocycles. The Hall–Kier alpha value is -9.84. The Balaban J connectivity index is 0.844. The zero-order valence-corrected chi connectivity index (χ0v) is 41.2. The Morgan fingerprint density at radius 3 is 1.08 bits per heavy atom. The lowest BCUT2D eigenvalue weighted by molar-refractivity contribution is 0.669. The van der Waals surface area contributed by atoms with E-state index in [1.807, 2.05) is 0 Å². The van der Waals surface area contributed by atoms with Crippen molar-refractivity contribution in [2.45, 2.75) is 13.8 Å². The topological polar surface area (TPSA) is 45.9 Å². The lowest BCUT2D eigenvalue weighted by Gasteiger charge is -2.25. The van der Waals surface area contributed by atoms with E-state index >= 15 is 0 Å². The SMILES string of the molecule is Cc1ccccc1-c1cccc2c1oc1c(N(c3ccccc3)c3ccc4cc5c(cc4c3)oc3cc4cc(N(c6ccccc6)c6cccc7c6oc6c(-c8ccccc8C)cccc67)ccc4cc35)cccc12. The van der Waals surface area contributed by atoms with Gasteiger partial charge in [0.2, 0.25) is 0 Å². The summed E-state index contributed by atoms with van der Waals surface area (Å²) in [7, 11) is 0. The first-order valence-electron chi connectivity index (χ1n) is 25.6. The predicted molar refractivity (Wildman–Crippen MR) is 313 cm³/mol. The third-order valence-corrected chi connectivity index (χ3v) is 15.3. The fraction of sp³-hybridized carbons (Fsp3) is 0.0286. The van der Waals surface area contributed by atoms with Crippen LogP contribution in [0.4, 0.5) is 34.1 Å². The lowest BCUT2D eigenvalue weighted by atomic mass is 9.98. The number of para-hydroxylation sites is 6. The molecule has 0 atom stereocenters. The summed E-state index contributed by atoms with van der Waals surface area (Å²) in [6.07, 6.45) is 0. The Morgan fingerprint density at radius 1 is 0.253 bits per heavy atom. The standard InChI is InChI=1S/C70H46N2O3/c1-43-17-9-11-23-53(43)55-25-13-27-57-59-29-15-31-63(69(59)74-67(55)57)71(49-19-5-3-6-20-49)51-35-33-45-39-61-62-40-46-34-36-52(38-48(46)42-66(62)73-65(61)41-47(45)37-51)72(50-21-7-4-8-22-50)64-32-16-30-60-58-28-14-26-56(68(58)75-70(60)64)54-24-12-10-18-44(54)2/h3-42H,1-2H3. The molecule has 3 aromatic heterocycles. The molecule has 0 radical (unpaired) electrons. The van der Waals surface area contributed by atoms with E-state index < -0.39 is 0 Å². The molecule has 0 aliphatic carbocycles. The van der Waals surface area contributed by atoms with Crippen molar-refractivity contribution in [1.29, 1.82) is 0 Å². The van der Waals surface area contributed by atoms with Crippen molar-refractivity contribution in [3.05, 3.63) is 254 Å². The summed E-state index contributed by atoms with van der Waals surface area (Å²) in [5, 5.41) is 10.9. The molecule has 5 heteroatoms. The number of benzene rings is 12. The molecule has 0 saturated carbocycles. The van der Waals surface area contributed by atoms with Crippen molar-refractivity contribution < 1.29 is 13.3 Å². The summed E-state index contributed by atoms with van der Waals surface area (Å²) >= 11 is 0. The number of hydrogen-bond donors (Lipinski definition) is 0. The molecule has 15 aromatic rings. The molecule has 354 valence electrons. The molecule has 0 N–H and O–H groups in total. The number of nitrogens with zero attached hydrogens (tertiary/aromatic N) is 2. The van der Waals surface area contributed by atoms with Crippen molar-refractivity contribution in [3.63, 3.8) is 0 Å². The van der Waals surface area contributed by atoms with Gasteiger partial charge in [0, 0.05) is 66.2 Å². The van der Waals surface area contributed by atoms with Gasteiger partial charge in [0.05, 0.1) is 11.4 Å². The van der Waals surface area contributed by atoms with Crippen LogP contribution in [-0.2, 0) is 0 Å². The maximum absolute atomic E-state index is 7.01. The second-order valence-corrected chi connectivity index (χ2v) is 19.7. The molecule has 5 nitrogen and oxygen atoms in total. The molecule has 15 rings (SSSR count). The minimum absolute atomic E-state index is 0.839. The highest BCUT2D eigenvalue weighted by Crippen LogP contribution is 2.48. The van der Waals surface area contributed by atoms with Crippen molar-refractivity contribution >= 4 is 121 Å². The van der Waals surface area contributed by atoms with Crippen LogP contribution in [0.25, 0.3) is 110 Å². The van der Waals surface area contributed by atoms with E-state index in [9.17, 15) is 0 Å². The van der Waals surface area contributed by atoms with Gasteiger partial charge >= 0.3 is 0 Å². The van der Waals surface area contributed by atoms with Gasteiger partial charge in [0.25, 0.3) is 0 Å². The van der Waals surface area contributed by atoms with Gasteiger partial charge in [0.1, 0.15) is 22.3 Å². The molecule has 75 heavy (non-hydrogen) atoms. The van der Waals surface area contributed by atoms with E-state index in [-0.39, 0.29) is 0 Å². The van der Waals surface area contributed by atoms with Crippen LogP contribution in [-0.4, -0.2) is 0 Å². The third kappa shape index (κ3) is 6.86. The van der Waals surface area contributed by atoms with E-state index in [4.69, 9.17) is 13.3 Å². The Kier molecular flexibility index (Phi) is 9.63. The molecule has 0 unspecified atom stereocenters. The summed E-state index contributed by atoms with van der Waals surface area (Å²) in [5.74, 6) is 0. The number of anilines is 6. The monoisotopic (exact) mass is 962 g/mol. The van der Waals surface area contributed by atoms with Crippen molar-refractivity contribution in [1.82, 2.24) is 0 Å². The van der Waals surface area contributed by atoms with Gasteiger partial charge in [-0.3, -0.25) is 0 Å². The van der Waals surface area contributed by atoms with E-state index in [0.717, 1.165) is 133 Å². The normalized spacial score (nSPS) is 11.9. The average Bonchev–Trinajstić information content (AvgIpc) is 4.15. The molecule has 3 heterocycles. The van der Waals surface area contributed by atoms with Gasteiger partial charge in [-0.15, -0.1) is 0 Å². The second kappa shape index (κ2) is 16.9. The van der Waals surface area contributed by atoms with E-state index in [1.54, 1.807) is 0 Å². The van der Waals surface area contributed by atoms with E-state index in [2.05, 4.69) is 266 Å². The van der Waals surface area contributed by atoms with E-state index in [0.29, 0.717) is 0 Å². The summed E-state index contributed by atoms with van der Waals surface area (Å²) in [6.45, 7) is 4.31. The quantitative estimate of drug-likeness (QED) is 0.152. The molecule has 0 saturated heterocycles. The summed E-state index contributed by atoms with van der Waals surface area (Å²) in [4.78, 5) is 4.61. The van der Waals surface area contributed by atoms with Gasteiger partial charge < -0.3 is 23.1 Å². The zero-order valence-electron chi connectivity index (χ0n) is 41.2. The highest BCUT2D eigenvalue weighted by atomic mass is 16.3. The van der Waals surface area contributed by atoms with Crippen LogP contribution >= 0.6 is 0 Å². The number of aryl methyl sites for hydroxylation is 2. The molecular weight excluding hydrogens is 917 g/mol. The number of rotatable bonds is 8. The first kappa shape index (κ1) is 42.8. The molecule has 0 aliphatic rings. The molecular formula is C70H46N2O3. The number of fused-ring (bicyclic) bond motifs is 11. The largest absolute Gasteiger partial charge is 0.456 e. The minimum atomic E-state index is 0.839. The van der Waals surface area contributed by atoms with Crippen LogP contribution in [0.15, 0.2) is 256 Å². The van der Waals surface area contributed by atoms with Crippen molar-refractivity contribution in [2.24, 2.45) is 0 Å². The van der Waals surface area contributed by atoms with Crippen molar-refractivity contribution in [2.75, 3.05) is 9.80 Å². The van der Waals surface area contributed by atoms with Gasteiger partial charge in [-0.1, -0.05) is 158 Å². The van der Waals surface area contributed by atoms with E-state index in [1.165, 1.54) is 22.3 Å². The summed E-state index contributed by atoms with van der Waals surface area (Å²) < 4.78 is 20.9. The van der Waals surface area contributed by atoms with Crippen LogP contribution in [0.5, 0.6) is 0 Å². The second-order valence-electron chi connectivity index (χ2n) is 19.7. The highest BCUT2D eigenvalue weighted by Gasteiger charge is 2.24. The predicted octanol–water partition coefficient (Wildman–Crippen LogP) is 20.6. The van der Waals surface area contributed by atoms with Crippen LogP contribution in [0.1, 0.15) is 11.1 Å². The average molecular weight is 963 g/mol. The van der Waals surface area contributed by atoms with Crippen LogP contribution < -0.4 is 9.80 Å². The fourth-order valence-electron chi connectivity index (χ4n) is 11.7.